The number of ether oxygens (including phenoxy) is 1. The van der Waals surface area contributed by atoms with Gasteiger partial charge in [0.15, 0.2) is 0 Å². The van der Waals surface area contributed by atoms with Crippen LogP contribution in [0.5, 0.6) is 0 Å². The van der Waals surface area contributed by atoms with Crippen molar-refractivity contribution < 1.29 is 9.53 Å². The average molecular weight is 343 g/mol. The van der Waals surface area contributed by atoms with Crippen molar-refractivity contribution in [3.05, 3.63) is 35.7 Å². The van der Waals surface area contributed by atoms with Crippen molar-refractivity contribution in [2.75, 3.05) is 0 Å². The molecule has 0 saturated carbocycles. The summed E-state index contributed by atoms with van der Waals surface area (Å²) in [6, 6.07) is 3.78. The van der Waals surface area contributed by atoms with Crippen LogP contribution in [0.15, 0.2) is 24.4 Å². The Balaban J connectivity index is 2.28. The second-order valence-electron chi connectivity index (χ2n) is 4.97. The lowest BCUT2D eigenvalue weighted by atomic mass is 10.0. The number of hydrogen-bond donors (Lipinski definition) is 0. The molecule has 1 atom stereocenters. The zero-order valence-corrected chi connectivity index (χ0v) is 12.2. The van der Waals surface area contributed by atoms with E-state index in [0.29, 0.717) is 0 Å². The summed E-state index contributed by atoms with van der Waals surface area (Å²) in [7, 11) is 0. The van der Waals surface area contributed by atoms with Crippen LogP contribution in [-0.2, 0) is 9.53 Å². The molecule has 0 N–H and O–H groups in total. The second kappa shape index (κ2) is 4.40. The van der Waals surface area contributed by atoms with Crippen LogP contribution in [0.1, 0.15) is 37.9 Å². The first-order valence-electron chi connectivity index (χ1n) is 5.44. The Morgan fingerprint density at radius 1 is 1.47 bits per heavy atom. The number of hydrogen-bond acceptors (Lipinski definition) is 3. The van der Waals surface area contributed by atoms with E-state index in [9.17, 15) is 4.79 Å². The van der Waals surface area contributed by atoms with Gasteiger partial charge < -0.3 is 4.74 Å². The molecule has 0 bridgehead atoms. The van der Waals surface area contributed by atoms with Gasteiger partial charge in [0.25, 0.3) is 0 Å². The number of aromatic nitrogens is 1. The lowest BCUT2D eigenvalue weighted by molar-refractivity contribution is -0.155. The highest BCUT2D eigenvalue weighted by atomic mass is 127. The van der Waals surface area contributed by atoms with Crippen molar-refractivity contribution in [1.82, 2.24) is 4.98 Å². The number of rotatable bonds is 1. The highest BCUT2D eigenvalue weighted by Crippen LogP contribution is 2.39. The van der Waals surface area contributed by atoms with Gasteiger partial charge in [-0.1, -0.05) is 12.1 Å². The lowest BCUT2D eigenvalue weighted by Crippen LogP contribution is -2.26. The average Bonchev–Trinajstić information content (AvgIpc) is 2.55. The van der Waals surface area contributed by atoms with E-state index in [4.69, 9.17) is 4.74 Å². The minimum absolute atomic E-state index is 0.210. The molecular weight excluding hydrogens is 329 g/mol. The largest absolute Gasteiger partial charge is 0.459 e. The number of carbonyl (C=O) groups excluding carboxylic acids is 1. The SMILES string of the molecule is CC(C)(C)OC(=O)C1C=C(I)c2ncccc21. The summed E-state index contributed by atoms with van der Waals surface area (Å²) >= 11 is 2.20. The van der Waals surface area contributed by atoms with Gasteiger partial charge in [-0.2, -0.15) is 0 Å². The summed E-state index contributed by atoms with van der Waals surface area (Å²) in [6.07, 6.45) is 3.65. The molecule has 1 aliphatic rings. The summed E-state index contributed by atoms with van der Waals surface area (Å²) in [5.41, 5.74) is 1.37. The topological polar surface area (TPSA) is 39.2 Å². The fourth-order valence-corrected chi connectivity index (χ4v) is 2.55. The summed E-state index contributed by atoms with van der Waals surface area (Å²) in [6.45, 7) is 5.62. The van der Waals surface area contributed by atoms with Gasteiger partial charge in [-0.3, -0.25) is 9.78 Å². The number of fused-ring (bicyclic) bond motifs is 1. The number of pyridine rings is 1. The van der Waals surface area contributed by atoms with Crippen molar-refractivity contribution in [2.24, 2.45) is 0 Å². The maximum Gasteiger partial charge on any atom is 0.317 e. The standard InChI is InChI=1S/C13H14INO2/c1-13(2,3)17-12(16)9-7-10(14)11-8(9)5-4-6-15-11/h4-7,9H,1-3H3. The third-order valence-electron chi connectivity index (χ3n) is 2.37. The first kappa shape index (κ1) is 12.5. The first-order valence-corrected chi connectivity index (χ1v) is 6.52. The van der Waals surface area contributed by atoms with Gasteiger partial charge in [0.2, 0.25) is 0 Å². The molecular formula is C13H14INO2. The second-order valence-corrected chi connectivity index (χ2v) is 6.13. The monoisotopic (exact) mass is 343 g/mol. The van der Waals surface area contributed by atoms with E-state index in [1.165, 1.54) is 0 Å². The maximum atomic E-state index is 12.1. The minimum Gasteiger partial charge on any atom is -0.459 e. The van der Waals surface area contributed by atoms with Gasteiger partial charge in [-0.15, -0.1) is 0 Å². The zero-order valence-electron chi connectivity index (χ0n) is 10.0. The van der Waals surface area contributed by atoms with E-state index in [2.05, 4.69) is 27.6 Å². The van der Waals surface area contributed by atoms with E-state index in [1.54, 1.807) is 6.20 Å². The van der Waals surface area contributed by atoms with Gasteiger partial charge in [-0.25, -0.2) is 0 Å². The number of esters is 1. The van der Waals surface area contributed by atoms with Crippen LogP contribution in [0.25, 0.3) is 3.58 Å². The summed E-state index contributed by atoms with van der Waals surface area (Å²) in [4.78, 5) is 16.4. The van der Waals surface area contributed by atoms with Crippen LogP contribution in [0.3, 0.4) is 0 Å². The van der Waals surface area contributed by atoms with Crippen molar-refractivity contribution in [3.8, 4) is 0 Å². The minimum atomic E-state index is -0.457. The molecule has 0 fully saturated rings. The third kappa shape index (κ3) is 2.68. The number of carbonyl (C=O) groups is 1. The molecule has 2 rings (SSSR count). The third-order valence-corrected chi connectivity index (χ3v) is 3.24. The summed E-state index contributed by atoms with van der Waals surface area (Å²) in [5, 5.41) is 0. The molecule has 0 aliphatic heterocycles. The van der Waals surface area contributed by atoms with Gasteiger partial charge in [-0.05, 0) is 55.0 Å². The van der Waals surface area contributed by atoms with Gasteiger partial charge in [0, 0.05) is 9.78 Å². The Kier molecular flexibility index (Phi) is 3.25. The fourth-order valence-electron chi connectivity index (χ4n) is 1.74. The fraction of sp³-hybridized carbons (Fsp3) is 0.385. The summed E-state index contributed by atoms with van der Waals surface area (Å²) in [5.74, 6) is -0.525. The Morgan fingerprint density at radius 2 is 2.18 bits per heavy atom. The van der Waals surface area contributed by atoms with Crippen molar-refractivity contribution in [3.63, 3.8) is 0 Å². The molecule has 0 saturated heterocycles. The van der Waals surface area contributed by atoms with Gasteiger partial charge >= 0.3 is 5.97 Å². The molecule has 4 heteroatoms. The predicted molar refractivity (Wildman–Crippen MR) is 74.8 cm³/mol. The molecule has 0 radical (unpaired) electrons. The maximum absolute atomic E-state index is 12.1. The Hall–Kier alpha value is -0.910. The van der Waals surface area contributed by atoms with Crippen molar-refractivity contribution in [1.29, 1.82) is 0 Å². The molecule has 0 aromatic carbocycles. The predicted octanol–water partition coefficient (Wildman–Crippen LogP) is 3.30. The van der Waals surface area contributed by atoms with Crippen molar-refractivity contribution in [2.45, 2.75) is 32.3 Å². The molecule has 1 aromatic rings. The Morgan fingerprint density at radius 3 is 2.82 bits per heavy atom. The Bertz CT molecular complexity index is 488. The van der Waals surface area contributed by atoms with Crippen LogP contribution in [-0.4, -0.2) is 16.6 Å². The number of nitrogens with zero attached hydrogens (tertiary/aromatic N) is 1. The van der Waals surface area contributed by atoms with Crippen molar-refractivity contribution >= 4 is 32.1 Å². The summed E-state index contributed by atoms with van der Waals surface area (Å²) < 4.78 is 6.42. The van der Waals surface area contributed by atoms with E-state index in [0.717, 1.165) is 14.8 Å². The van der Waals surface area contributed by atoms with Crippen LogP contribution in [0.4, 0.5) is 0 Å². The van der Waals surface area contributed by atoms with E-state index in [-0.39, 0.29) is 11.9 Å². The number of halogens is 1. The van der Waals surface area contributed by atoms with Crippen LogP contribution >= 0.6 is 22.6 Å². The molecule has 1 aliphatic carbocycles. The normalized spacial score (nSPS) is 18.6. The van der Waals surface area contributed by atoms with E-state index in [1.807, 2.05) is 39.0 Å². The quantitative estimate of drug-likeness (QED) is 0.580. The zero-order chi connectivity index (χ0) is 12.6. The van der Waals surface area contributed by atoms with E-state index < -0.39 is 5.60 Å². The first-order chi connectivity index (χ1) is 7.88. The molecule has 3 nitrogen and oxygen atoms in total. The van der Waals surface area contributed by atoms with Crippen LogP contribution in [0, 0.1) is 0 Å². The molecule has 17 heavy (non-hydrogen) atoms. The molecule has 1 unspecified atom stereocenters. The highest BCUT2D eigenvalue weighted by Gasteiger charge is 2.32. The smallest absolute Gasteiger partial charge is 0.317 e. The van der Waals surface area contributed by atoms with Gasteiger partial charge in [0.05, 0.1) is 5.69 Å². The molecule has 1 heterocycles. The molecule has 0 spiro atoms. The van der Waals surface area contributed by atoms with E-state index >= 15 is 0 Å². The molecule has 0 amide bonds. The lowest BCUT2D eigenvalue weighted by Gasteiger charge is -2.21. The molecule has 1 aromatic heterocycles. The van der Waals surface area contributed by atoms with Gasteiger partial charge in [0.1, 0.15) is 11.5 Å². The van der Waals surface area contributed by atoms with Crippen LogP contribution in [0.2, 0.25) is 0 Å². The highest BCUT2D eigenvalue weighted by molar-refractivity contribution is 14.1. The Labute approximate surface area is 114 Å². The van der Waals surface area contributed by atoms with Crippen LogP contribution < -0.4 is 0 Å². The molecule has 90 valence electrons.